The first kappa shape index (κ1) is 20.4. The van der Waals surface area contributed by atoms with Crippen LogP contribution in [0.15, 0.2) is 47.1 Å². The number of carbonyl (C=O) groups is 2. The van der Waals surface area contributed by atoms with Crippen LogP contribution in [-0.2, 0) is 4.79 Å². The number of halogens is 1. The molecule has 160 valence electrons. The van der Waals surface area contributed by atoms with Gasteiger partial charge < -0.3 is 19.1 Å². The second-order valence-electron chi connectivity index (χ2n) is 7.77. The third kappa shape index (κ3) is 4.33. The van der Waals surface area contributed by atoms with Crippen molar-refractivity contribution in [1.29, 1.82) is 0 Å². The summed E-state index contributed by atoms with van der Waals surface area (Å²) in [6.07, 6.45) is 1.49. The molecule has 0 saturated carbocycles. The Bertz CT molecular complexity index is 855. The van der Waals surface area contributed by atoms with Gasteiger partial charge in [-0.2, -0.15) is 0 Å². The van der Waals surface area contributed by atoms with Crippen LogP contribution in [0.4, 0.5) is 10.1 Å². The van der Waals surface area contributed by atoms with Gasteiger partial charge in [0.25, 0.3) is 5.91 Å². The monoisotopic (exact) mass is 414 g/mol. The molecule has 0 N–H and O–H groups in total. The van der Waals surface area contributed by atoms with Crippen LogP contribution in [0.2, 0.25) is 0 Å². The number of furan rings is 1. The van der Waals surface area contributed by atoms with Gasteiger partial charge in [0.1, 0.15) is 5.82 Å². The Morgan fingerprint density at radius 2 is 1.53 bits per heavy atom. The van der Waals surface area contributed by atoms with E-state index < -0.39 is 0 Å². The minimum absolute atomic E-state index is 0.107. The highest BCUT2D eigenvalue weighted by molar-refractivity contribution is 5.91. The van der Waals surface area contributed by atoms with Gasteiger partial charge >= 0.3 is 0 Å². The summed E-state index contributed by atoms with van der Waals surface area (Å²) < 4.78 is 18.3. The fraction of sp³-hybridized carbons (Fsp3) is 0.455. The summed E-state index contributed by atoms with van der Waals surface area (Å²) >= 11 is 0. The molecule has 3 heterocycles. The molecule has 1 aromatic carbocycles. The number of benzene rings is 1. The molecule has 1 aromatic heterocycles. The maximum atomic E-state index is 13.1. The van der Waals surface area contributed by atoms with Crippen LogP contribution in [0.5, 0.6) is 0 Å². The number of hydrogen-bond donors (Lipinski definition) is 0. The Kier molecular flexibility index (Phi) is 6.03. The molecule has 0 spiro atoms. The molecule has 2 fully saturated rings. The molecular weight excluding hydrogens is 387 g/mol. The Labute approximate surface area is 175 Å². The van der Waals surface area contributed by atoms with Crippen LogP contribution in [0.25, 0.3) is 0 Å². The minimum atomic E-state index is -0.234. The van der Waals surface area contributed by atoms with E-state index in [1.165, 1.54) is 18.4 Å². The Balaban J connectivity index is 1.26. The lowest BCUT2D eigenvalue weighted by molar-refractivity contribution is -0.138. The Morgan fingerprint density at radius 1 is 0.900 bits per heavy atom. The van der Waals surface area contributed by atoms with Crippen LogP contribution in [-0.4, -0.2) is 84.9 Å². The van der Waals surface area contributed by atoms with Gasteiger partial charge in [-0.25, -0.2) is 4.39 Å². The lowest BCUT2D eigenvalue weighted by Gasteiger charge is -2.41. The molecule has 2 saturated heterocycles. The first-order valence-corrected chi connectivity index (χ1v) is 10.4. The number of rotatable bonds is 4. The molecule has 30 heavy (non-hydrogen) atoms. The molecule has 0 bridgehead atoms. The number of amides is 2. The number of piperazine rings is 2. The Morgan fingerprint density at radius 3 is 2.13 bits per heavy atom. The molecule has 2 amide bonds. The van der Waals surface area contributed by atoms with Crippen molar-refractivity contribution in [3.8, 4) is 0 Å². The molecule has 4 rings (SSSR count). The first-order valence-electron chi connectivity index (χ1n) is 10.4. The molecule has 2 aliphatic heterocycles. The molecule has 7 nitrogen and oxygen atoms in total. The predicted octanol–water partition coefficient (Wildman–Crippen LogP) is 1.91. The van der Waals surface area contributed by atoms with Crippen molar-refractivity contribution < 1.29 is 18.4 Å². The topological polar surface area (TPSA) is 60.2 Å². The van der Waals surface area contributed by atoms with Gasteiger partial charge in [0.2, 0.25) is 5.91 Å². The average Bonchev–Trinajstić information content (AvgIpc) is 3.33. The largest absolute Gasteiger partial charge is 0.459 e. The summed E-state index contributed by atoms with van der Waals surface area (Å²) in [7, 11) is 0. The number of hydrogen-bond acceptors (Lipinski definition) is 5. The van der Waals surface area contributed by atoms with Crippen molar-refractivity contribution in [2.45, 2.75) is 13.0 Å². The van der Waals surface area contributed by atoms with E-state index >= 15 is 0 Å². The second-order valence-corrected chi connectivity index (χ2v) is 7.77. The van der Waals surface area contributed by atoms with Crippen molar-refractivity contribution in [3.05, 3.63) is 54.2 Å². The fourth-order valence-electron chi connectivity index (χ4n) is 4.13. The van der Waals surface area contributed by atoms with E-state index in [0.29, 0.717) is 31.9 Å². The molecule has 2 aromatic rings. The zero-order chi connectivity index (χ0) is 21.1. The van der Waals surface area contributed by atoms with Crippen LogP contribution < -0.4 is 4.90 Å². The van der Waals surface area contributed by atoms with E-state index in [4.69, 9.17) is 4.42 Å². The van der Waals surface area contributed by atoms with E-state index in [1.807, 2.05) is 11.8 Å². The van der Waals surface area contributed by atoms with Crippen LogP contribution in [0.1, 0.15) is 17.5 Å². The van der Waals surface area contributed by atoms with Gasteiger partial charge in [-0.15, -0.1) is 0 Å². The third-order valence-electron chi connectivity index (χ3n) is 6.02. The highest BCUT2D eigenvalue weighted by atomic mass is 19.1. The summed E-state index contributed by atoms with van der Waals surface area (Å²) in [5, 5.41) is 0. The molecule has 8 heteroatoms. The van der Waals surface area contributed by atoms with E-state index in [9.17, 15) is 14.0 Å². The zero-order valence-corrected chi connectivity index (χ0v) is 17.2. The summed E-state index contributed by atoms with van der Waals surface area (Å²) in [6.45, 7) is 7.20. The highest BCUT2D eigenvalue weighted by Gasteiger charge is 2.32. The molecule has 1 unspecified atom stereocenters. The SMILES string of the molecule is CC(C(=O)N1CCN(C(=O)c2ccco2)CC1)N1CCN(c2ccc(F)cc2)CC1. The van der Waals surface area contributed by atoms with Gasteiger partial charge in [-0.05, 0) is 43.3 Å². The van der Waals surface area contributed by atoms with Crippen molar-refractivity contribution in [2.75, 3.05) is 57.3 Å². The summed E-state index contributed by atoms with van der Waals surface area (Å²) in [6, 6.07) is 9.70. The summed E-state index contributed by atoms with van der Waals surface area (Å²) in [5.74, 6) is 0.0807. The summed E-state index contributed by atoms with van der Waals surface area (Å²) in [5.41, 5.74) is 1.01. The quantitative estimate of drug-likeness (QED) is 0.765. The maximum Gasteiger partial charge on any atom is 0.289 e. The maximum absolute atomic E-state index is 13.1. The van der Waals surface area contributed by atoms with Gasteiger partial charge in [0.15, 0.2) is 5.76 Å². The van der Waals surface area contributed by atoms with Crippen molar-refractivity contribution >= 4 is 17.5 Å². The van der Waals surface area contributed by atoms with Crippen LogP contribution >= 0.6 is 0 Å². The van der Waals surface area contributed by atoms with E-state index in [2.05, 4.69) is 9.80 Å². The zero-order valence-electron chi connectivity index (χ0n) is 17.2. The standard InChI is InChI=1S/C22H27FN4O3/c1-17(24-8-10-25(11-9-24)19-6-4-18(23)5-7-19)21(28)26-12-14-27(15-13-26)22(29)20-3-2-16-30-20/h2-7,16-17H,8-15H2,1H3. The summed E-state index contributed by atoms with van der Waals surface area (Å²) in [4.78, 5) is 33.4. The Hall–Kier alpha value is -2.87. The first-order chi connectivity index (χ1) is 14.5. The van der Waals surface area contributed by atoms with Crippen LogP contribution in [0, 0.1) is 5.82 Å². The smallest absolute Gasteiger partial charge is 0.289 e. The predicted molar refractivity (Wildman–Crippen MR) is 111 cm³/mol. The number of nitrogens with zero attached hydrogens (tertiary/aromatic N) is 4. The van der Waals surface area contributed by atoms with E-state index in [1.54, 1.807) is 29.2 Å². The molecule has 0 radical (unpaired) electrons. The van der Waals surface area contributed by atoms with E-state index in [0.717, 1.165) is 31.9 Å². The van der Waals surface area contributed by atoms with Crippen molar-refractivity contribution in [1.82, 2.24) is 14.7 Å². The molecular formula is C22H27FN4O3. The lowest BCUT2D eigenvalue weighted by atomic mass is 10.1. The normalized spacial score (nSPS) is 19.1. The minimum Gasteiger partial charge on any atom is -0.459 e. The van der Waals surface area contributed by atoms with Crippen molar-refractivity contribution in [2.24, 2.45) is 0 Å². The highest BCUT2D eigenvalue weighted by Crippen LogP contribution is 2.19. The number of anilines is 1. The van der Waals surface area contributed by atoms with E-state index in [-0.39, 0.29) is 23.7 Å². The van der Waals surface area contributed by atoms with Crippen LogP contribution in [0.3, 0.4) is 0 Å². The fourth-order valence-corrected chi connectivity index (χ4v) is 4.13. The van der Waals surface area contributed by atoms with Gasteiger partial charge in [-0.3, -0.25) is 14.5 Å². The van der Waals surface area contributed by atoms with Gasteiger partial charge in [0.05, 0.1) is 12.3 Å². The van der Waals surface area contributed by atoms with Gasteiger partial charge in [-0.1, -0.05) is 0 Å². The van der Waals surface area contributed by atoms with Crippen molar-refractivity contribution in [3.63, 3.8) is 0 Å². The average molecular weight is 414 g/mol. The molecule has 1 atom stereocenters. The molecule has 2 aliphatic rings. The third-order valence-corrected chi connectivity index (χ3v) is 6.02. The second kappa shape index (κ2) is 8.87. The lowest BCUT2D eigenvalue weighted by Crippen LogP contribution is -2.58. The number of carbonyl (C=O) groups excluding carboxylic acids is 2. The molecule has 0 aliphatic carbocycles. The van der Waals surface area contributed by atoms with Gasteiger partial charge in [0, 0.05) is 58.0 Å².